The predicted octanol–water partition coefficient (Wildman–Crippen LogP) is 2.40. The van der Waals surface area contributed by atoms with Crippen molar-refractivity contribution in [2.24, 2.45) is 5.73 Å². The van der Waals surface area contributed by atoms with Gasteiger partial charge in [0, 0.05) is 5.02 Å². The van der Waals surface area contributed by atoms with Gasteiger partial charge in [-0.3, -0.25) is 4.79 Å². The highest BCUT2D eigenvalue weighted by molar-refractivity contribution is 9.10. The van der Waals surface area contributed by atoms with E-state index < -0.39 is 6.04 Å². The minimum atomic E-state index is -0.595. The summed E-state index contributed by atoms with van der Waals surface area (Å²) in [6, 6.07) is 2.69. The highest BCUT2D eigenvalue weighted by Crippen LogP contribution is 2.36. The number of benzene rings is 1. The first-order valence-corrected chi connectivity index (χ1v) is 5.72. The standard InChI is InChI=1S/C10H12BrClN2O2/c1-5(13)10(15)14-8-4-6(12)3-7(11)9(8)16-2/h3-5H,13H2,1-2H3,(H,14,15)/t5-/m1/s1. The molecule has 3 N–H and O–H groups in total. The van der Waals surface area contributed by atoms with E-state index in [2.05, 4.69) is 21.2 Å². The molecule has 0 fully saturated rings. The monoisotopic (exact) mass is 306 g/mol. The van der Waals surface area contributed by atoms with E-state index in [4.69, 9.17) is 22.1 Å². The molecule has 0 bridgehead atoms. The van der Waals surface area contributed by atoms with Gasteiger partial charge in [-0.05, 0) is 35.0 Å². The molecule has 0 aliphatic heterocycles. The third-order valence-electron chi connectivity index (χ3n) is 1.88. The SMILES string of the molecule is COc1c(Br)cc(Cl)cc1NC(=O)[C@@H](C)N. The Labute approximate surface area is 107 Å². The van der Waals surface area contributed by atoms with Crippen molar-refractivity contribution < 1.29 is 9.53 Å². The van der Waals surface area contributed by atoms with Crippen LogP contribution in [0, 0.1) is 0 Å². The van der Waals surface area contributed by atoms with Crippen LogP contribution in [0.15, 0.2) is 16.6 Å². The fourth-order valence-corrected chi connectivity index (χ4v) is 2.08. The van der Waals surface area contributed by atoms with Gasteiger partial charge in [-0.1, -0.05) is 11.6 Å². The minimum absolute atomic E-state index is 0.299. The number of amides is 1. The maximum atomic E-state index is 11.5. The van der Waals surface area contributed by atoms with Gasteiger partial charge in [0.05, 0.1) is 23.3 Å². The average molecular weight is 308 g/mol. The van der Waals surface area contributed by atoms with E-state index >= 15 is 0 Å². The molecule has 0 aromatic heterocycles. The maximum Gasteiger partial charge on any atom is 0.241 e. The highest BCUT2D eigenvalue weighted by atomic mass is 79.9. The van der Waals surface area contributed by atoms with Crippen molar-refractivity contribution in [3.05, 3.63) is 21.6 Å². The number of anilines is 1. The second kappa shape index (κ2) is 5.52. The second-order valence-electron chi connectivity index (χ2n) is 3.25. The van der Waals surface area contributed by atoms with E-state index in [1.807, 2.05) is 0 Å². The molecular weight excluding hydrogens is 295 g/mol. The largest absolute Gasteiger partial charge is 0.493 e. The van der Waals surface area contributed by atoms with Gasteiger partial charge in [-0.25, -0.2) is 0 Å². The summed E-state index contributed by atoms with van der Waals surface area (Å²) in [6.45, 7) is 1.60. The number of halogens is 2. The van der Waals surface area contributed by atoms with Crippen molar-refractivity contribution in [2.75, 3.05) is 12.4 Å². The molecular formula is C10H12BrClN2O2. The minimum Gasteiger partial charge on any atom is -0.493 e. The summed E-state index contributed by atoms with van der Waals surface area (Å²) in [5, 5.41) is 3.13. The first-order chi connectivity index (χ1) is 7.45. The third kappa shape index (κ3) is 3.10. The number of carbonyl (C=O) groups excluding carboxylic acids is 1. The summed E-state index contributed by atoms with van der Waals surface area (Å²) >= 11 is 9.17. The zero-order chi connectivity index (χ0) is 12.3. The van der Waals surface area contributed by atoms with E-state index in [0.717, 1.165) is 0 Å². The Morgan fingerprint density at radius 2 is 2.25 bits per heavy atom. The summed E-state index contributed by atoms with van der Waals surface area (Å²) in [4.78, 5) is 11.5. The number of hydrogen-bond acceptors (Lipinski definition) is 3. The van der Waals surface area contributed by atoms with E-state index in [0.29, 0.717) is 20.9 Å². The van der Waals surface area contributed by atoms with Gasteiger partial charge in [0.25, 0.3) is 0 Å². The Bertz CT molecular complexity index is 410. The van der Waals surface area contributed by atoms with Crippen LogP contribution < -0.4 is 15.8 Å². The lowest BCUT2D eigenvalue weighted by atomic mass is 10.2. The molecule has 0 aliphatic rings. The molecule has 1 aromatic carbocycles. The van der Waals surface area contributed by atoms with Crippen molar-refractivity contribution in [1.29, 1.82) is 0 Å². The normalized spacial score (nSPS) is 12.1. The molecule has 0 radical (unpaired) electrons. The molecule has 1 aromatic rings. The molecule has 6 heteroatoms. The van der Waals surface area contributed by atoms with Crippen molar-refractivity contribution in [3.8, 4) is 5.75 Å². The number of hydrogen-bond donors (Lipinski definition) is 2. The third-order valence-corrected chi connectivity index (χ3v) is 2.69. The summed E-state index contributed by atoms with van der Waals surface area (Å²) in [7, 11) is 1.51. The quantitative estimate of drug-likeness (QED) is 0.901. The topological polar surface area (TPSA) is 64.3 Å². The van der Waals surface area contributed by atoms with Crippen molar-refractivity contribution in [3.63, 3.8) is 0 Å². The van der Waals surface area contributed by atoms with Crippen LogP contribution in [-0.4, -0.2) is 19.1 Å². The van der Waals surface area contributed by atoms with Crippen molar-refractivity contribution in [2.45, 2.75) is 13.0 Å². The number of methoxy groups -OCH3 is 1. The van der Waals surface area contributed by atoms with Gasteiger partial charge in [-0.15, -0.1) is 0 Å². The van der Waals surface area contributed by atoms with Crippen LogP contribution in [0.25, 0.3) is 0 Å². The Kier molecular flexibility index (Phi) is 4.58. The number of nitrogens with one attached hydrogen (secondary N) is 1. The molecule has 1 atom stereocenters. The lowest BCUT2D eigenvalue weighted by Gasteiger charge is -2.13. The van der Waals surface area contributed by atoms with Gasteiger partial charge in [0.2, 0.25) is 5.91 Å². The van der Waals surface area contributed by atoms with Gasteiger partial charge in [0.15, 0.2) is 5.75 Å². The molecule has 0 saturated carbocycles. The van der Waals surface area contributed by atoms with Crippen LogP contribution in [0.5, 0.6) is 5.75 Å². The number of carbonyl (C=O) groups is 1. The van der Waals surface area contributed by atoms with Gasteiger partial charge in [0.1, 0.15) is 0 Å². The van der Waals surface area contributed by atoms with E-state index in [1.54, 1.807) is 19.1 Å². The first kappa shape index (κ1) is 13.3. The van der Waals surface area contributed by atoms with Crippen LogP contribution in [0.1, 0.15) is 6.92 Å². The van der Waals surface area contributed by atoms with Crippen LogP contribution in [0.4, 0.5) is 5.69 Å². The van der Waals surface area contributed by atoms with E-state index in [9.17, 15) is 4.79 Å². The maximum absolute atomic E-state index is 11.5. The Hall–Kier alpha value is -0.780. The number of ether oxygens (including phenoxy) is 1. The van der Waals surface area contributed by atoms with Crippen molar-refractivity contribution in [1.82, 2.24) is 0 Å². The lowest BCUT2D eigenvalue weighted by molar-refractivity contribution is -0.117. The Balaban J connectivity index is 3.07. The summed E-state index contributed by atoms with van der Waals surface area (Å²) in [6.07, 6.45) is 0. The van der Waals surface area contributed by atoms with Gasteiger partial charge >= 0.3 is 0 Å². The summed E-state index contributed by atoms with van der Waals surface area (Å²) in [5.74, 6) is 0.214. The van der Waals surface area contributed by atoms with Gasteiger partial charge < -0.3 is 15.8 Å². The molecule has 88 valence electrons. The smallest absolute Gasteiger partial charge is 0.241 e. The molecule has 0 saturated heterocycles. The van der Waals surface area contributed by atoms with Crippen LogP contribution >= 0.6 is 27.5 Å². The summed E-state index contributed by atoms with van der Waals surface area (Å²) in [5.41, 5.74) is 5.94. The van der Waals surface area contributed by atoms with Gasteiger partial charge in [-0.2, -0.15) is 0 Å². The average Bonchev–Trinajstić information content (AvgIpc) is 2.16. The van der Waals surface area contributed by atoms with Crippen LogP contribution in [0.3, 0.4) is 0 Å². The zero-order valence-corrected chi connectivity index (χ0v) is 11.2. The summed E-state index contributed by atoms with van der Waals surface area (Å²) < 4.78 is 5.82. The molecule has 4 nitrogen and oxygen atoms in total. The van der Waals surface area contributed by atoms with E-state index in [1.165, 1.54) is 7.11 Å². The zero-order valence-electron chi connectivity index (χ0n) is 8.88. The molecule has 16 heavy (non-hydrogen) atoms. The fraction of sp³-hybridized carbons (Fsp3) is 0.300. The Morgan fingerprint density at radius 3 is 2.75 bits per heavy atom. The lowest BCUT2D eigenvalue weighted by Crippen LogP contribution is -2.32. The number of nitrogens with two attached hydrogens (primary N) is 1. The number of rotatable bonds is 3. The fourth-order valence-electron chi connectivity index (χ4n) is 1.11. The molecule has 1 amide bonds. The van der Waals surface area contributed by atoms with Crippen LogP contribution in [-0.2, 0) is 4.79 Å². The molecule has 0 heterocycles. The second-order valence-corrected chi connectivity index (χ2v) is 4.54. The molecule has 0 aliphatic carbocycles. The van der Waals surface area contributed by atoms with Crippen LogP contribution in [0.2, 0.25) is 5.02 Å². The van der Waals surface area contributed by atoms with Crippen molar-refractivity contribution >= 4 is 39.1 Å². The molecule has 0 spiro atoms. The predicted molar refractivity (Wildman–Crippen MR) is 68.0 cm³/mol. The molecule has 0 unspecified atom stereocenters. The Morgan fingerprint density at radius 1 is 1.62 bits per heavy atom. The van der Waals surface area contributed by atoms with E-state index in [-0.39, 0.29) is 5.91 Å². The first-order valence-electron chi connectivity index (χ1n) is 4.55. The highest BCUT2D eigenvalue weighted by Gasteiger charge is 2.14. The molecule has 1 rings (SSSR count).